The van der Waals surface area contributed by atoms with Crippen LogP contribution in [0.4, 0.5) is 5.69 Å². The average molecular weight is 435 g/mol. The molecule has 0 aliphatic rings. The molecule has 0 radical (unpaired) electrons. The Bertz CT molecular complexity index is 1190. The number of nitrogens with zero attached hydrogens (tertiary/aromatic N) is 4. The highest BCUT2D eigenvalue weighted by Gasteiger charge is 2.15. The summed E-state index contributed by atoms with van der Waals surface area (Å²) in [6.45, 7) is 2.73. The summed E-state index contributed by atoms with van der Waals surface area (Å²) in [5.41, 5.74) is 2.02. The van der Waals surface area contributed by atoms with Gasteiger partial charge in [-0.05, 0) is 49.4 Å². The summed E-state index contributed by atoms with van der Waals surface area (Å²) in [6, 6.07) is 14.4. The normalized spacial score (nSPS) is 10.8. The third-order valence-electron chi connectivity index (χ3n) is 4.33. The molecular weight excluding hydrogens is 414 g/mol. The zero-order valence-corrected chi connectivity index (χ0v) is 17.6. The SMILES string of the molecule is CCOc1ccc(NC(=O)Cc2noc(-c3cccc(-c4nnc(COC)o4)c3)n2)cc1. The molecule has 0 unspecified atom stereocenters. The van der Waals surface area contributed by atoms with Gasteiger partial charge in [-0.2, -0.15) is 4.98 Å². The number of anilines is 1. The Hall–Kier alpha value is -4.05. The van der Waals surface area contributed by atoms with E-state index in [4.69, 9.17) is 18.4 Å². The molecule has 2 aromatic carbocycles. The lowest BCUT2D eigenvalue weighted by molar-refractivity contribution is -0.115. The van der Waals surface area contributed by atoms with Gasteiger partial charge in [0.15, 0.2) is 5.82 Å². The van der Waals surface area contributed by atoms with Crippen LogP contribution in [0.1, 0.15) is 18.6 Å². The monoisotopic (exact) mass is 435 g/mol. The minimum absolute atomic E-state index is 0.0273. The van der Waals surface area contributed by atoms with Gasteiger partial charge in [0.2, 0.25) is 17.7 Å². The first-order valence-corrected chi connectivity index (χ1v) is 9.92. The first kappa shape index (κ1) is 21.2. The van der Waals surface area contributed by atoms with Crippen LogP contribution in [0.25, 0.3) is 22.9 Å². The maximum Gasteiger partial charge on any atom is 0.257 e. The zero-order chi connectivity index (χ0) is 22.3. The smallest absolute Gasteiger partial charge is 0.257 e. The van der Waals surface area contributed by atoms with Gasteiger partial charge in [-0.3, -0.25) is 4.79 Å². The number of benzene rings is 2. The van der Waals surface area contributed by atoms with Crippen LogP contribution in [0.5, 0.6) is 5.75 Å². The molecule has 0 saturated heterocycles. The molecule has 2 heterocycles. The van der Waals surface area contributed by atoms with Crippen molar-refractivity contribution in [2.24, 2.45) is 0 Å². The summed E-state index contributed by atoms with van der Waals surface area (Å²) in [4.78, 5) is 16.7. The Morgan fingerprint density at radius 1 is 1.06 bits per heavy atom. The number of methoxy groups -OCH3 is 1. The maximum atomic E-state index is 12.3. The summed E-state index contributed by atoms with van der Waals surface area (Å²) >= 11 is 0. The maximum absolute atomic E-state index is 12.3. The van der Waals surface area contributed by atoms with E-state index in [1.165, 1.54) is 0 Å². The summed E-state index contributed by atoms with van der Waals surface area (Å²) in [6.07, 6.45) is -0.0273. The van der Waals surface area contributed by atoms with Crippen LogP contribution in [0.2, 0.25) is 0 Å². The Labute approximate surface area is 183 Å². The lowest BCUT2D eigenvalue weighted by Crippen LogP contribution is -2.15. The Morgan fingerprint density at radius 2 is 1.84 bits per heavy atom. The van der Waals surface area contributed by atoms with Gasteiger partial charge >= 0.3 is 0 Å². The second-order valence-electron chi connectivity index (χ2n) is 6.71. The van der Waals surface area contributed by atoms with Crippen LogP contribution in [0.3, 0.4) is 0 Å². The van der Waals surface area contributed by atoms with Crippen LogP contribution >= 0.6 is 0 Å². The number of aromatic nitrogens is 4. The average Bonchev–Trinajstić information content (AvgIpc) is 3.46. The van der Waals surface area contributed by atoms with Crippen molar-refractivity contribution >= 4 is 11.6 Å². The van der Waals surface area contributed by atoms with Crippen molar-refractivity contribution in [3.05, 3.63) is 60.2 Å². The summed E-state index contributed by atoms with van der Waals surface area (Å²) < 4.78 is 21.3. The van der Waals surface area contributed by atoms with Gasteiger partial charge in [-0.15, -0.1) is 10.2 Å². The molecule has 0 bridgehead atoms. The molecule has 4 rings (SSSR count). The summed E-state index contributed by atoms with van der Waals surface area (Å²) in [7, 11) is 1.55. The van der Waals surface area contributed by atoms with Crippen molar-refractivity contribution in [1.29, 1.82) is 0 Å². The molecule has 0 aliphatic carbocycles. The Balaban J connectivity index is 1.41. The highest BCUT2D eigenvalue weighted by atomic mass is 16.5. The Kier molecular flexibility index (Phi) is 6.52. The van der Waals surface area contributed by atoms with Gasteiger partial charge in [-0.25, -0.2) is 0 Å². The van der Waals surface area contributed by atoms with E-state index < -0.39 is 0 Å². The first-order valence-electron chi connectivity index (χ1n) is 9.92. The molecule has 0 spiro atoms. The van der Waals surface area contributed by atoms with E-state index in [1.807, 2.05) is 25.1 Å². The van der Waals surface area contributed by atoms with Gasteiger partial charge in [0.05, 0.1) is 13.0 Å². The van der Waals surface area contributed by atoms with Crippen molar-refractivity contribution in [3.8, 4) is 28.7 Å². The lowest BCUT2D eigenvalue weighted by Gasteiger charge is -2.06. The van der Waals surface area contributed by atoms with E-state index in [0.29, 0.717) is 35.2 Å². The molecule has 32 heavy (non-hydrogen) atoms. The van der Waals surface area contributed by atoms with Gasteiger partial charge in [0.25, 0.3) is 5.89 Å². The molecular formula is C22H21N5O5. The molecule has 0 fully saturated rings. The standard InChI is InChI=1S/C22H21N5O5/c1-3-30-17-9-7-16(8-10-17)23-19(28)12-18-24-21(32-27-18)14-5-4-6-15(11-14)22-26-25-20(31-22)13-29-2/h4-11H,3,12-13H2,1-2H3,(H,23,28). The number of hydrogen-bond donors (Lipinski definition) is 1. The third kappa shape index (κ3) is 5.16. The van der Waals surface area contributed by atoms with E-state index in [9.17, 15) is 4.79 Å². The topological polar surface area (TPSA) is 125 Å². The zero-order valence-electron chi connectivity index (χ0n) is 17.6. The molecule has 2 aromatic heterocycles. The van der Waals surface area contributed by atoms with Gasteiger partial charge in [0.1, 0.15) is 12.4 Å². The second kappa shape index (κ2) is 9.84. The number of carbonyl (C=O) groups excluding carboxylic acids is 1. The van der Waals surface area contributed by atoms with Crippen molar-refractivity contribution in [2.45, 2.75) is 20.0 Å². The quantitative estimate of drug-likeness (QED) is 0.420. The van der Waals surface area contributed by atoms with Crippen molar-refractivity contribution in [2.75, 3.05) is 19.0 Å². The number of ether oxygens (including phenoxy) is 2. The summed E-state index contributed by atoms with van der Waals surface area (Å²) in [5, 5.41) is 14.6. The first-order chi connectivity index (χ1) is 15.6. The molecule has 0 atom stereocenters. The minimum atomic E-state index is -0.258. The lowest BCUT2D eigenvalue weighted by atomic mass is 10.1. The fourth-order valence-electron chi connectivity index (χ4n) is 2.93. The van der Waals surface area contributed by atoms with Crippen LogP contribution in [-0.2, 0) is 22.6 Å². The molecule has 0 saturated carbocycles. The molecule has 4 aromatic rings. The largest absolute Gasteiger partial charge is 0.494 e. The molecule has 1 N–H and O–H groups in total. The highest BCUT2D eigenvalue weighted by Crippen LogP contribution is 2.25. The van der Waals surface area contributed by atoms with Gasteiger partial charge in [-0.1, -0.05) is 11.2 Å². The predicted octanol–water partition coefficient (Wildman–Crippen LogP) is 3.51. The summed E-state index contributed by atoms with van der Waals surface area (Å²) in [5.74, 6) is 1.78. The third-order valence-corrected chi connectivity index (χ3v) is 4.33. The van der Waals surface area contributed by atoms with Gasteiger partial charge in [0, 0.05) is 23.9 Å². The van der Waals surface area contributed by atoms with Crippen LogP contribution in [0.15, 0.2) is 57.5 Å². The molecule has 10 heteroatoms. The number of hydrogen-bond acceptors (Lipinski definition) is 9. The van der Waals surface area contributed by atoms with Crippen molar-refractivity contribution in [1.82, 2.24) is 20.3 Å². The highest BCUT2D eigenvalue weighted by molar-refractivity contribution is 5.91. The van der Waals surface area contributed by atoms with Crippen LogP contribution in [-0.4, -0.2) is 40.0 Å². The van der Waals surface area contributed by atoms with Crippen molar-refractivity contribution < 1.29 is 23.2 Å². The molecule has 164 valence electrons. The fraction of sp³-hybridized carbons (Fsp3) is 0.227. The van der Waals surface area contributed by atoms with Gasteiger partial charge < -0.3 is 23.7 Å². The van der Waals surface area contributed by atoms with E-state index in [-0.39, 0.29) is 30.7 Å². The van der Waals surface area contributed by atoms with E-state index in [0.717, 1.165) is 5.75 Å². The molecule has 1 amide bonds. The van der Waals surface area contributed by atoms with Crippen LogP contribution in [0, 0.1) is 0 Å². The van der Waals surface area contributed by atoms with Crippen LogP contribution < -0.4 is 10.1 Å². The van der Waals surface area contributed by atoms with E-state index in [1.54, 1.807) is 37.4 Å². The fourth-order valence-corrected chi connectivity index (χ4v) is 2.93. The molecule has 10 nitrogen and oxygen atoms in total. The number of nitrogens with one attached hydrogen (secondary N) is 1. The molecule has 0 aliphatic heterocycles. The Morgan fingerprint density at radius 3 is 2.59 bits per heavy atom. The second-order valence-corrected chi connectivity index (χ2v) is 6.71. The van der Waals surface area contributed by atoms with E-state index >= 15 is 0 Å². The number of amides is 1. The minimum Gasteiger partial charge on any atom is -0.494 e. The number of carbonyl (C=O) groups is 1. The number of rotatable bonds is 9. The van der Waals surface area contributed by atoms with Crippen molar-refractivity contribution in [3.63, 3.8) is 0 Å². The van der Waals surface area contributed by atoms with E-state index in [2.05, 4.69) is 25.7 Å². The predicted molar refractivity (Wildman–Crippen MR) is 114 cm³/mol.